The van der Waals surface area contributed by atoms with Crippen LogP contribution in [0.5, 0.6) is 0 Å². The van der Waals surface area contributed by atoms with Crippen molar-refractivity contribution in [3.63, 3.8) is 0 Å². The van der Waals surface area contributed by atoms with Crippen molar-refractivity contribution in [2.45, 2.75) is 45.1 Å². The Balaban J connectivity index is 1.45. The van der Waals surface area contributed by atoms with Gasteiger partial charge in [0.25, 0.3) is 0 Å². The molecule has 3 aromatic rings. The standard InChI is InChI=1S/C19H25N7/c1-19(2,3)18-23-22-17-8-7-15(24-26(17)18)21-14-9-12-25(13-10-14)16-6-4-5-11-20-16/h4-8,11,14H,9-10,12-13H2,1-3H3,(H,21,24). The summed E-state index contributed by atoms with van der Waals surface area (Å²) in [6, 6.07) is 10.4. The molecule has 4 rings (SSSR count). The first-order valence-electron chi connectivity index (χ1n) is 9.16. The molecule has 1 fully saturated rings. The lowest BCUT2D eigenvalue weighted by Crippen LogP contribution is -2.39. The Hall–Kier alpha value is -2.70. The summed E-state index contributed by atoms with van der Waals surface area (Å²) in [4.78, 5) is 6.79. The van der Waals surface area contributed by atoms with Gasteiger partial charge in [-0.25, -0.2) is 4.98 Å². The summed E-state index contributed by atoms with van der Waals surface area (Å²) >= 11 is 0. The number of aromatic nitrogens is 5. The van der Waals surface area contributed by atoms with E-state index in [0.717, 1.165) is 49.0 Å². The minimum atomic E-state index is -0.0982. The van der Waals surface area contributed by atoms with Crippen LogP contribution in [0.2, 0.25) is 0 Å². The number of hydrogen-bond acceptors (Lipinski definition) is 6. The Morgan fingerprint density at radius 1 is 1.04 bits per heavy atom. The third kappa shape index (κ3) is 3.34. The highest BCUT2D eigenvalue weighted by atomic mass is 15.4. The maximum absolute atomic E-state index is 4.73. The van der Waals surface area contributed by atoms with Crippen molar-refractivity contribution in [2.75, 3.05) is 23.3 Å². The van der Waals surface area contributed by atoms with Crippen LogP contribution < -0.4 is 10.2 Å². The molecule has 0 bridgehead atoms. The van der Waals surface area contributed by atoms with Crippen LogP contribution in [-0.4, -0.2) is 43.9 Å². The van der Waals surface area contributed by atoms with Crippen molar-refractivity contribution >= 4 is 17.3 Å². The Labute approximate surface area is 153 Å². The highest BCUT2D eigenvalue weighted by Crippen LogP contribution is 2.22. The van der Waals surface area contributed by atoms with Crippen LogP contribution in [0.3, 0.4) is 0 Å². The van der Waals surface area contributed by atoms with Gasteiger partial charge in [-0.05, 0) is 37.1 Å². The molecule has 1 saturated heterocycles. The van der Waals surface area contributed by atoms with Gasteiger partial charge in [0.2, 0.25) is 0 Å². The third-order valence-corrected chi connectivity index (χ3v) is 4.75. The number of piperidine rings is 1. The number of nitrogens with one attached hydrogen (secondary N) is 1. The summed E-state index contributed by atoms with van der Waals surface area (Å²) in [6.45, 7) is 8.36. The Morgan fingerprint density at radius 3 is 2.54 bits per heavy atom. The molecule has 7 nitrogen and oxygen atoms in total. The number of pyridine rings is 1. The average molecular weight is 351 g/mol. The monoisotopic (exact) mass is 351 g/mol. The van der Waals surface area contributed by atoms with Crippen LogP contribution >= 0.6 is 0 Å². The van der Waals surface area contributed by atoms with E-state index in [-0.39, 0.29) is 5.41 Å². The molecule has 1 N–H and O–H groups in total. The van der Waals surface area contributed by atoms with Gasteiger partial charge in [-0.2, -0.15) is 4.52 Å². The maximum atomic E-state index is 4.73. The van der Waals surface area contributed by atoms with Gasteiger partial charge in [0.05, 0.1) is 0 Å². The Kier molecular flexibility index (Phi) is 4.22. The van der Waals surface area contributed by atoms with Gasteiger partial charge in [-0.3, -0.25) is 0 Å². The summed E-state index contributed by atoms with van der Waals surface area (Å²) in [5, 5.41) is 16.8. The minimum absolute atomic E-state index is 0.0982. The molecule has 7 heteroatoms. The molecule has 1 aliphatic heterocycles. The van der Waals surface area contributed by atoms with Gasteiger partial charge in [0.1, 0.15) is 11.6 Å². The normalized spacial score (nSPS) is 16.2. The van der Waals surface area contributed by atoms with E-state index in [9.17, 15) is 0 Å². The molecule has 0 radical (unpaired) electrons. The van der Waals surface area contributed by atoms with Gasteiger partial charge >= 0.3 is 0 Å². The lowest BCUT2D eigenvalue weighted by Gasteiger charge is -2.33. The van der Waals surface area contributed by atoms with Crippen molar-refractivity contribution in [3.05, 3.63) is 42.4 Å². The molecule has 136 valence electrons. The summed E-state index contributed by atoms with van der Waals surface area (Å²) in [5.41, 5.74) is 0.685. The van der Waals surface area contributed by atoms with Gasteiger partial charge in [0.15, 0.2) is 11.5 Å². The van der Waals surface area contributed by atoms with E-state index in [1.54, 1.807) is 0 Å². The molecule has 4 heterocycles. The molecular weight excluding hydrogens is 326 g/mol. The predicted octanol–water partition coefficient (Wildman–Crippen LogP) is 2.90. The molecular formula is C19H25N7. The number of fused-ring (bicyclic) bond motifs is 1. The van der Waals surface area contributed by atoms with Gasteiger partial charge in [-0.1, -0.05) is 26.8 Å². The van der Waals surface area contributed by atoms with Crippen LogP contribution in [0.1, 0.15) is 39.4 Å². The summed E-state index contributed by atoms with van der Waals surface area (Å²) in [5.74, 6) is 2.81. The van der Waals surface area contributed by atoms with Gasteiger partial charge in [0, 0.05) is 30.7 Å². The molecule has 0 aliphatic carbocycles. The number of hydrogen-bond donors (Lipinski definition) is 1. The van der Waals surface area contributed by atoms with E-state index in [0.29, 0.717) is 6.04 Å². The molecule has 0 aromatic carbocycles. The van der Waals surface area contributed by atoms with Crippen LogP contribution in [0.25, 0.3) is 5.65 Å². The first-order chi connectivity index (χ1) is 12.5. The fourth-order valence-corrected chi connectivity index (χ4v) is 3.34. The zero-order valence-corrected chi connectivity index (χ0v) is 15.6. The molecule has 0 unspecified atom stereocenters. The average Bonchev–Trinajstić information content (AvgIpc) is 3.07. The molecule has 0 spiro atoms. The second-order valence-corrected chi connectivity index (χ2v) is 7.86. The summed E-state index contributed by atoms with van der Waals surface area (Å²) in [7, 11) is 0. The first kappa shape index (κ1) is 16.8. The van der Waals surface area contributed by atoms with E-state index >= 15 is 0 Å². The molecule has 26 heavy (non-hydrogen) atoms. The van der Waals surface area contributed by atoms with Crippen molar-refractivity contribution in [1.29, 1.82) is 0 Å². The third-order valence-electron chi connectivity index (χ3n) is 4.75. The van der Waals surface area contributed by atoms with Crippen LogP contribution in [-0.2, 0) is 5.41 Å². The van der Waals surface area contributed by atoms with Crippen LogP contribution in [0, 0.1) is 0 Å². The van der Waals surface area contributed by atoms with Crippen molar-refractivity contribution in [1.82, 2.24) is 24.8 Å². The molecule has 3 aromatic heterocycles. The van der Waals surface area contributed by atoms with E-state index in [1.807, 2.05) is 35.0 Å². The number of nitrogens with zero attached hydrogens (tertiary/aromatic N) is 6. The topological polar surface area (TPSA) is 71.2 Å². The fraction of sp³-hybridized carbons (Fsp3) is 0.474. The first-order valence-corrected chi connectivity index (χ1v) is 9.16. The largest absolute Gasteiger partial charge is 0.366 e. The Bertz CT molecular complexity index is 874. The lowest BCUT2D eigenvalue weighted by molar-refractivity contribution is 0.516. The van der Waals surface area contributed by atoms with Crippen LogP contribution in [0.4, 0.5) is 11.6 Å². The molecule has 0 saturated carbocycles. The quantitative estimate of drug-likeness (QED) is 0.782. The van der Waals surface area contributed by atoms with E-state index in [1.165, 1.54) is 0 Å². The second kappa shape index (κ2) is 6.55. The lowest BCUT2D eigenvalue weighted by atomic mass is 9.96. The number of rotatable bonds is 3. The van der Waals surface area contributed by atoms with Crippen molar-refractivity contribution in [2.24, 2.45) is 0 Å². The SMILES string of the molecule is CC(C)(C)c1nnc2ccc(NC3CCN(c4ccccn4)CC3)nn12. The van der Waals surface area contributed by atoms with E-state index < -0.39 is 0 Å². The molecule has 1 aliphatic rings. The molecule has 0 atom stereocenters. The minimum Gasteiger partial charge on any atom is -0.366 e. The van der Waals surface area contributed by atoms with E-state index in [4.69, 9.17) is 5.10 Å². The van der Waals surface area contributed by atoms with Gasteiger partial charge in [-0.15, -0.1) is 15.3 Å². The van der Waals surface area contributed by atoms with Crippen LogP contribution in [0.15, 0.2) is 36.5 Å². The highest BCUT2D eigenvalue weighted by Gasteiger charge is 2.23. The predicted molar refractivity (Wildman–Crippen MR) is 103 cm³/mol. The summed E-state index contributed by atoms with van der Waals surface area (Å²) in [6.07, 6.45) is 3.97. The second-order valence-electron chi connectivity index (χ2n) is 7.86. The summed E-state index contributed by atoms with van der Waals surface area (Å²) < 4.78 is 1.85. The van der Waals surface area contributed by atoms with Gasteiger partial charge < -0.3 is 10.2 Å². The maximum Gasteiger partial charge on any atom is 0.178 e. The fourth-order valence-electron chi connectivity index (χ4n) is 3.34. The van der Waals surface area contributed by atoms with Crippen molar-refractivity contribution in [3.8, 4) is 0 Å². The highest BCUT2D eigenvalue weighted by molar-refractivity contribution is 5.45. The zero-order valence-electron chi connectivity index (χ0n) is 15.6. The van der Waals surface area contributed by atoms with Crippen molar-refractivity contribution < 1.29 is 0 Å². The smallest absolute Gasteiger partial charge is 0.178 e. The van der Waals surface area contributed by atoms with E-state index in [2.05, 4.69) is 52.2 Å². The molecule has 0 amide bonds. The zero-order chi connectivity index (χ0) is 18.1. The Morgan fingerprint density at radius 2 is 1.85 bits per heavy atom. The number of anilines is 2.